The Morgan fingerprint density at radius 1 is 1.00 bits per heavy atom. The van der Waals surface area contributed by atoms with E-state index in [-0.39, 0.29) is 23.9 Å². The summed E-state index contributed by atoms with van der Waals surface area (Å²) in [6.07, 6.45) is 10.1. The number of hydrogen-bond donors (Lipinski definition) is 2. The molecule has 3 saturated carbocycles. The highest BCUT2D eigenvalue weighted by molar-refractivity contribution is 5.79. The van der Waals surface area contributed by atoms with Crippen molar-refractivity contribution in [3.63, 3.8) is 0 Å². The summed E-state index contributed by atoms with van der Waals surface area (Å²) < 4.78 is 0. The average molecular weight is 236 g/mol. The minimum atomic E-state index is 0.227. The first-order chi connectivity index (χ1) is 8.24. The van der Waals surface area contributed by atoms with Crippen molar-refractivity contribution in [2.75, 3.05) is 0 Å². The predicted octanol–water partition coefficient (Wildman–Crippen LogP) is 1.81. The molecule has 0 radical (unpaired) electrons. The SMILES string of the molecule is NC1CC1NC(=O)C1CCC2CCCCC2C1. The van der Waals surface area contributed by atoms with Gasteiger partial charge in [-0.15, -0.1) is 0 Å². The average Bonchev–Trinajstić information content (AvgIpc) is 3.04. The summed E-state index contributed by atoms with van der Waals surface area (Å²) in [6.45, 7) is 0. The topological polar surface area (TPSA) is 55.1 Å². The number of nitrogens with one attached hydrogen (secondary N) is 1. The van der Waals surface area contributed by atoms with E-state index < -0.39 is 0 Å². The Bertz CT molecular complexity index is 305. The van der Waals surface area contributed by atoms with Crippen molar-refractivity contribution >= 4 is 5.91 Å². The molecule has 0 bridgehead atoms. The lowest BCUT2D eigenvalue weighted by molar-refractivity contribution is -0.127. The molecule has 0 heterocycles. The Hall–Kier alpha value is -0.570. The minimum absolute atomic E-state index is 0.227. The van der Waals surface area contributed by atoms with Crippen molar-refractivity contribution < 1.29 is 4.79 Å². The Morgan fingerprint density at radius 2 is 1.71 bits per heavy atom. The molecule has 3 rings (SSSR count). The fourth-order valence-electron chi connectivity index (χ4n) is 3.79. The highest BCUT2D eigenvalue weighted by Crippen LogP contribution is 2.42. The molecule has 0 aromatic carbocycles. The summed E-state index contributed by atoms with van der Waals surface area (Å²) in [5.74, 6) is 2.33. The van der Waals surface area contributed by atoms with Crippen molar-refractivity contribution in [1.29, 1.82) is 0 Å². The number of rotatable bonds is 2. The maximum absolute atomic E-state index is 12.1. The lowest BCUT2D eigenvalue weighted by Gasteiger charge is -2.38. The summed E-state index contributed by atoms with van der Waals surface area (Å²) in [5.41, 5.74) is 5.74. The number of fused-ring (bicyclic) bond motifs is 1. The molecule has 0 aliphatic heterocycles. The van der Waals surface area contributed by atoms with Crippen LogP contribution in [0.5, 0.6) is 0 Å². The van der Waals surface area contributed by atoms with Crippen LogP contribution in [0.25, 0.3) is 0 Å². The van der Waals surface area contributed by atoms with Crippen LogP contribution in [0.3, 0.4) is 0 Å². The molecular formula is C14H24N2O. The molecule has 17 heavy (non-hydrogen) atoms. The predicted molar refractivity (Wildman–Crippen MR) is 67.3 cm³/mol. The van der Waals surface area contributed by atoms with E-state index in [1.54, 1.807) is 0 Å². The van der Waals surface area contributed by atoms with Crippen LogP contribution in [-0.2, 0) is 4.79 Å². The van der Waals surface area contributed by atoms with Gasteiger partial charge in [0.05, 0.1) is 0 Å². The maximum Gasteiger partial charge on any atom is 0.223 e. The van der Waals surface area contributed by atoms with E-state index in [1.807, 2.05) is 0 Å². The van der Waals surface area contributed by atoms with E-state index in [2.05, 4.69) is 5.32 Å². The van der Waals surface area contributed by atoms with Gasteiger partial charge in [0.2, 0.25) is 5.91 Å². The van der Waals surface area contributed by atoms with Gasteiger partial charge in [0, 0.05) is 18.0 Å². The number of hydrogen-bond acceptors (Lipinski definition) is 2. The van der Waals surface area contributed by atoms with E-state index in [0.29, 0.717) is 0 Å². The van der Waals surface area contributed by atoms with E-state index in [9.17, 15) is 4.79 Å². The molecule has 0 aromatic rings. The van der Waals surface area contributed by atoms with Crippen LogP contribution >= 0.6 is 0 Å². The van der Waals surface area contributed by atoms with Gasteiger partial charge >= 0.3 is 0 Å². The molecule has 3 heteroatoms. The molecule has 3 N–H and O–H groups in total. The largest absolute Gasteiger partial charge is 0.352 e. The number of amides is 1. The zero-order chi connectivity index (χ0) is 11.8. The van der Waals surface area contributed by atoms with E-state index in [4.69, 9.17) is 5.73 Å². The molecule has 5 atom stereocenters. The quantitative estimate of drug-likeness (QED) is 0.768. The van der Waals surface area contributed by atoms with Gasteiger partial charge in [-0.3, -0.25) is 4.79 Å². The molecule has 3 aliphatic rings. The monoisotopic (exact) mass is 236 g/mol. The maximum atomic E-state index is 12.1. The third-order valence-corrected chi connectivity index (χ3v) is 5.08. The fourth-order valence-corrected chi connectivity index (χ4v) is 3.79. The van der Waals surface area contributed by atoms with Crippen LogP contribution in [-0.4, -0.2) is 18.0 Å². The highest BCUT2D eigenvalue weighted by Gasteiger charge is 2.39. The second-order valence-corrected chi connectivity index (χ2v) is 6.33. The first-order valence-corrected chi connectivity index (χ1v) is 7.30. The lowest BCUT2D eigenvalue weighted by Crippen LogP contribution is -2.39. The van der Waals surface area contributed by atoms with Crippen molar-refractivity contribution in [3.8, 4) is 0 Å². The fraction of sp³-hybridized carbons (Fsp3) is 0.929. The molecule has 0 saturated heterocycles. The van der Waals surface area contributed by atoms with Gasteiger partial charge in [0.1, 0.15) is 0 Å². The molecule has 96 valence electrons. The smallest absolute Gasteiger partial charge is 0.223 e. The van der Waals surface area contributed by atoms with Crippen molar-refractivity contribution in [1.82, 2.24) is 5.32 Å². The van der Waals surface area contributed by atoms with Gasteiger partial charge in [-0.2, -0.15) is 0 Å². The molecule has 3 aliphatic carbocycles. The molecule has 0 aromatic heterocycles. The van der Waals surface area contributed by atoms with Gasteiger partial charge in [-0.25, -0.2) is 0 Å². The van der Waals surface area contributed by atoms with Gasteiger partial charge in [0.15, 0.2) is 0 Å². The summed E-state index contributed by atoms with van der Waals surface area (Å²) >= 11 is 0. The summed E-state index contributed by atoms with van der Waals surface area (Å²) in [4.78, 5) is 12.1. The summed E-state index contributed by atoms with van der Waals surface area (Å²) in [7, 11) is 0. The van der Waals surface area contributed by atoms with Crippen LogP contribution < -0.4 is 11.1 Å². The molecular weight excluding hydrogens is 212 g/mol. The first kappa shape index (κ1) is 11.5. The van der Waals surface area contributed by atoms with Crippen LogP contribution in [0.4, 0.5) is 0 Å². The summed E-state index contributed by atoms with van der Waals surface area (Å²) in [6, 6.07) is 0.511. The minimum Gasteiger partial charge on any atom is -0.352 e. The van der Waals surface area contributed by atoms with Crippen molar-refractivity contribution in [3.05, 3.63) is 0 Å². The van der Waals surface area contributed by atoms with Gasteiger partial charge < -0.3 is 11.1 Å². The van der Waals surface area contributed by atoms with Gasteiger partial charge in [0.25, 0.3) is 0 Å². The van der Waals surface area contributed by atoms with E-state index in [1.165, 1.54) is 32.1 Å². The third-order valence-electron chi connectivity index (χ3n) is 5.08. The lowest BCUT2D eigenvalue weighted by atomic mass is 9.67. The summed E-state index contributed by atoms with van der Waals surface area (Å²) in [5, 5.41) is 3.10. The van der Waals surface area contributed by atoms with Gasteiger partial charge in [-0.05, 0) is 37.5 Å². The molecule has 3 fully saturated rings. The van der Waals surface area contributed by atoms with Crippen molar-refractivity contribution in [2.24, 2.45) is 23.5 Å². The first-order valence-electron chi connectivity index (χ1n) is 7.30. The Morgan fingerprint density at radius 3 is 2.41 bits per heavy atom. The Labute approximate surface area is 104 Å². The third kappa shape index (κ3) is 2.49. The second kappa shape index (κ2) is 4.60. The zero-order valence-electron chi connectivity index (χ0n) is 10.5. The Balaban J connectivity index is 1.52. The molecule has 0 spiro atoms. The molecule has 5 unspecified atom stereocenters. The normalized spacial score (nSPS) is 44.9. The van der Waals surface area contributed by atoms with Gasteiger partial charge in [-0.1, -0.05) is 25.7 Å². The Kier molecular flexibility index (Phi) is 3.12. The number of nitrogens with two attached hydrogens (primary N) is 1. The van der Waals surface area contributed by atoms with E-state index in [0.717, 1.165) is 31.1 Å². The molecule has 1 amide bonds. The molecule has 3 nitrogen and oxygen atoms in total. The van der Waals surface area contributed by atoms with Crippen LogP contribution in [0, 0.1) is 17.8 Å². The number of carbonyl (C=O) groups is 1. The van der Waals surface area contributed by atoms with Crippen LogP contribution in [0.15, 0.2) is 0 Å². The van der Waals surface area contributed by atoms with Crippen LogP contribution in [0.1, 0.15) is 51.4 Å². The standard InChI is InChI=1S/C14H24N2O/c15-12-8-13(12)16-14(17)11-6-5-9-3-1-2-4-10(9)7-11/h9-13H,1-8,15H2,(H,16,17). The van der Waals surface area contributed by atoms with Crippen LogP contribution in [0.2, 0.25) is 0 Å². The highest BCUT2D eigenvalue weighted by atomic mass is 16.2. The van der Waals surface area contributed by atoms with E-state index >= 15 is 0 Å². The zero-order valence-corrected chi connectivity index (χ0v) is 10.5. The van der Waals surface area contributed by atoms with Crippen molar-refractivity contribution in [2.45, 2.75) is 63.5 Å². The number of carbonyl (C=O) groups excluding carboxylic acids is 1. The second-order valence-electron chi connectivity index (χ2n) is 6.33.